The second-order valence-electron chi connectivity index (χ2n) is 3.44. The van der Waals surface area contributed by atoms with Gasteiger partial charge in [-0.1, -0.05) is 13.8 Å². The van der Waals surface area contributed by atoms with Gasteiger partial charge in [-0.15, -0.1) is 0 Å². The van der Waals surface area contributed by atoms with Crippen molar-refractivity contribution in [2.24, 2.45) is 0 Å². The molecular weight excluding hydrogens is 265 g/mol. The van der Waals surface area contributed by atoms with E-state index in [2.05, 4.69) is 11.9 Å². The number of nitrogens with zero attached hydrogens (tertiary/aromatic N) is 2. The van der Waals surface area contributed by atoms with Crippen LogP contribution in [-0.4, -0.2) is 48.9 Å². The Bertz CT molecular complexity index is 176. The molecule has 0 saturated carbocycles. The Morgan fingerprint density at radius 1 is 1.47 bits per heavy atom. The van der Waals surface area contributed by atoms with Crippen molar-refractivity contribution in [2.75, 3.05) is 27.2 Å². The topological polar surface area (TPSA) is 23.6 Å². The molecule has 1 aliphatic rings. The first-order valence-electron chi connectivity index (χ1n) is 5.40. The maximum Gasteiger partial charge on any atom is 0.0848 e. The number of likely N-dealkylation sites (tertiary alicyclic amines) is 1. The van der Waals surface area contributed by atoms with E-state index in [1.54, 1.807) is 13.3 Å². The van der Waals surface area contributed by atoms with Crippen LogP contribution in [0.5, 0.6) is 0 Å². The van der Waals surface area contributed by atoms with Gasteiger partial charge < -0.3 is 21.0 Å². The van der Waals surface area contributed by atoms with Crippen LogP contribution in [0.4, 0.5) is 0 Å². The average Bonchev–Trinajstić information content (AvgIpc) is 2.65. The number of amides is 1. The molecule has 0 aromatic carbocycles. The first-order chi connectivity index (χ1) is 6.65. The molecule has 3 nitrogen and oxygen atoms in total. The van der Waals surface area contributed by atoms with Gasteiger partial charge >= 0.3 is 0 Å². The van der Waals surface area contributed by atoms with E-state index in [0.29, 0.717) is 6.04 Å². The van der Waals surface area contributed by atoms with Crippen molar-refractivity contribution in [3.8, 4) is 0 Å². The van der Waals surface area contributed by atoms with Crippen molar-refractivity contribution in [2.45, 2.75) is 33.2 Å². The third-order valence-electron chi connectivity index (χ3n) is 2.51. The standard InChI is InChI=1S/C9H17N2O.C2H6.Y/c1-4-9(12)11(3)8-5-6-10(2)7-8;1-2;/h4,8H,5-7H2,1-3H3;1-2H3;/q-1;;. The second-order valence-corrected chi connectivity index (χ2v) is 3.44. The van der Waals surface area contributed by atoms with Gasteiger partial charge in [0, 0.05) is 52.3 Å². The molecule has 0 spiro atoms. The van der Waals surface area contributed by atoms with E-state index in [1.807, 2.05) is 25.8 Å². The van der Waals surface area contributed by atoms with Crippen LogP contribution in [0.15, 0.2) is 0 Å². The van der Waals surface area contributed by atoms with Crippen LogP contribution in [0.3, 0.4) is 0 Å². The molecule has 1 aliphatic heterocycles. The molecule has 0 aliphatic carbocycles. The molecule has 0 aromatic heterocycles. The van der Waals surface area contributed by atoms with E-state index in [-0.39, 0.29) is 38.6 Å². The van der Waals surface area contributed by atoms with E-state index in [0.717, 1.165) is 19.5 Å². The summed E-state index contributed by atoms with van der Waals surface area (Å²) in [5.41, 5.74) is 0. The molecule has 0 aromatic rings. The minimum atomic E-state index is 0. The number of carbonyl (C=O) groups is 1. The van der Waals surface area contributed by atoms with Crippen LogP contribution in [0.25, 0.3) is 0 Å². The molecule has 1 atom stereocenters. The average molecular weight is 288 g/mol. The summed E-state index contributed by atoms with van der Waals surface area (Å²) in [4.78, 5) is 15.3. The summed E-state index contributed by atoms with van der Waals surface area (Å²) < 4.78 is 0. The normalized spacial score (nSPS) is 19.7. The van der Waals surface area contributed by atoms with Crippen molar-refractivity contribution in [1.29, 1.82) is 0 Å². The third-order valence-corrected chi connectivity index (χ3v) is 2.51. The smallest absolute Gasteiger partial charge is 0.0848 e. The first-order valence-corrected chi connectivity index (χ1v) is 5.40. The fourth-order valence-electron chi connectivity index (χ4n) is 1.61. The first kappa shape index (κ1) is 17.8. The minimum absolute atomic E-state index is 0. The van der Waals surface area contributed by atoms with Crippen LogP contribution >= 0.6 is 0 Å². The molecular formula is C11H23N2OY-. The molecule has 0 N–H and O–H groups in total. The summed E-state index contributed by atoms with van der Waals surface area (Å²) in [6.45, 7) is 7.90. The van der Waals surface area contributed by atoms with Crippen LogP contribution < -0.4 is 0 Å². The van der Waals surface area contributed by atoms with Gasteiger partial charge in [-0.05, 0) is 20.0 Å². The molecule has 1 saturated heterocycles. The number of likely N-dealkylation sites (N-methyl/N-ethyl adjacent to an activating group) is 2. The number of hydrogen-bond donors (Lipinski definition) is 0. The Labute approximate surface area is 119 Å². The van der Waals surface area contributed by atoms with E-state index in [1.165, 1.54) is 0 Å². The van der Waals surface area contributed by atoms with E-state index >= 15 is 0 Å². The number of carbonyl (C=O) groups excluding carboxylic acids is 1. The maximum absolute atomic E-state index is 11.3. The van der Waals surface area contributed by atoms with Gasteiger partial charge in [-0.2, -0.15) is 6.92 Å². The van der Waals surface area contributed by atoms with Crippen molar-refractivity contribution in [1.82, 2.24) is 9.80 Å². The van der Waals surface area contributed by atoms with E-state index < -0.39 is 0 Å². The largest absolute Gasteiger partial charge is 0.366 e. The summed E-state index contributed by atoms with van der Waals surface area (Å²) in [6.07, 6.45) is 2.73. The summed E-state index contributed by atoms with van der Waals surface area (Å²) >= 11 is 0. The number of rotatable bonds is 2. The van der Waals surface area contributed by atoms with E-state index in [9.17, 15) is 4.79 Å². The zero-order valence-corrected chi connectivity index (χ0v) is 13.5. The Hall–Kier alpha value is 0.404. The fourth-order valence-corrected chi connectivity index (χ4v) is 1.61. The molecule has 1 heterocycles. The van der Waals surface area contributed by atoms with Gasteiger partial charge in [0.2, 0.25) is 0 Å². The van der Waals surface area contributed by atoms with Crippen molar-refractivity contribution in [3.05, 3.63) is 6.42 Å². The predicted molar refractivity (Wildman–Crippen MR) is 60.0 cm³/mol. The monoisotopic (exact) mass is 288 g/mol. The minimum Gasteiger partial charge on any atom is -0.366 e. The van der Waals surface area contributed by atoms with Crippen molar-refractivity contribution >= 4 is 5.91 Å². The molecule has 1 amide bonds. The summed E-state index contributed by atoms with van der Waals surface area (Å²) in [5.74, 6) is 0.135. The van der Waals surface area contributed by atoms with Gasteiger partial charge in [0.1, 0.15) is 0 Å². The molecule has 1 radical (unpaired) electrons. The van der Waals surface area contributed by atoms with E-state index in [4.69, 9.17) is 0 Å². The Balaban J connectivity index is 0. The zero-order chi connectivity index (χ0) is 11.1. The van der Waals surface area contributed by atoms with Crippen LogP contribution in [0.2, 0.25) is 0 Å². The molecule has 4 heteroatoms. The Morgan fingerprint density at radius 2 is 2.00 bits per heavy atom. The second kappa shape index (κ2) is 9.62. The molecule has 1 unspecified atom stereocenters. The predicted octanol–water partition coefficient (Wildman–Crippen LogP) is 1.40. The van der Waals surface area contributed by atoms with Gasteiger partial charge in [-0.25, -0.2) is 0 Å². The van der Waals surface area contributed by atoms with Crippen LogP contribution in [-0.2, 0) is 37.5 Å². The molecule has 1 rings (SSSR count). The SMILES string of the molecule is CC.C[CH-]C(=O)N(C)C1CCN(C)C1.[Y]. The fraction of sp³-hybridized carbons (Fsp3) is 0.818. The van der Waals surface area contributed by atoms with Crippen molar-refractivity contribution < 1.29 is 37.5 Å². The Morgan fingerprint density at radius 3 is 2.33 bits per heavy atom. The van der Waals surface area contributed by atoms with Gasteiger partial charge in [-0.3, -0.25) is 0 Å². The van der Waals surface area contributed by atoms with Gasteiger partial charge in [0.15, 0.2) is 0 Å². The summed E-state index contributed by atoms with van der Waals surface area (Å²) in [7, 11) is 3.97. The van der Waals surface area contributed by atoms with Gasteiger partial charge in [0.25, 0.3) is 0 Å². The van der Waals surface area contributed by atoms with Crippen LogP contribution in [0, 0.1) is 6.42 Å². The Kier molecular flexibility index (Phi) is 11.4. The summed E-state index contributed by atoms with van der Waals surface area (Å²) in [5, 5.41) is 0. The van der Waals surface area contributed by atoms with Gasteiger partial charge in [0.05, 0.1) is 5.91 Å². The zero-order valence-electron chi connectivity index (χ0n) is 10.7. The van der Waals surface area contributed by atoms with Crippen molar-refractivity contribution in [3.63, 3.8) is 0 Å². The maximum atomic E-state index is 11.3. The number of hydrogen-bond acceptors (Lipinski definition) is 2. The quantitative estimate of drug-likeness (QED) is 0.717. The molecule has 1 fully saturated rings. The molecule has 0 bridgehead atoms. The summed E-state index contributed by atoms with van der Waals surface area (Å²) in [6, 6.07) is 0.415. The third kappa shape index (κ3) is 5.89. The molecule has 87 valence electrons. The molecule has 15 heavy (non-hydrogen) atoms. The van der Waals surface area contributed by atoms with Crippen LogP contribution in [0.1, 0.15) is 27.2 Å².